The Morgan fingerprint density at radius 3 is 2.61 bits per heavy atom. The molecule has 0 radical (unpaired) electrons. The molecule has 0 aliphatic heterocycles. The highest BCUT2D eigenvalue weighted by molar-refractivity contribution is 9.10. The number of hydrogen-bond acceptors (Lipinski definition) is 4. The van der Waals surface area contributed by atoms with Crippen molar-refractivity contribution in [1.82, 2.24) is 29.7 Å². The van der Waals surface area contributed by atoms with E-state index in [0.717, 1.165) is 14.7 Å². The van der Waals surface area contributed by atoms with Gasteiger partial charge in [0.25, 0.3) is 12.3 Å². The Balaban J connectivity index is 1.71. The van der Waals surface area contributed by atoms with Gasteiger partial charge in [-0.2, -0.15) is 10.2 Å². The maximum absolute atomic E-state index is 13.7. The second-order valence-corrected chi connectivity index (χ2v) is 7.46. The van der Waals surface area contributed by atoms with Gasteiger partial charge < -0.3 is 5.32 Å². The average molecular weight is 493 g/mol. The van der Waals surface area contributed by atoms with Crippen molar-refractivity contribution in [2.24, 2.45) is 0 Å². The molecule has 0 bridgehead atoms. The summed E-state index contributed by atoms with van der Waals surface area (Å²) in [6.45, 7) is 2.71. The van der Waals surface area contributed by atoms with E-state index in [-0.39, 0.29) is 23.4 Å². The lowest BCUT2D eigenvalue weighted by Gasteiger charge is -2.09. The standard InChI is InChI=1S/C20H16BrF3N6O/c1-2-29-17(14(21)9-26-29)10-25-20(31)13-8-27-30-16(18(23)24)7-15(28-19(13)30)11-3-5-12(22)6-4-11/h3-9,18H,2,10H2,1H3,(H,25,31). The van der Waals surface area contributed by atoms with Gasteiger partial charge in [-0.3, -0.25) is 9.48 Å². The number of amides is 1. The molecule has 3 heterocycles. The summed E-state index contributed by atoms with van der Waals surface area (Å²) in [5.74, 6) is -0.976. The van der Waals surface area contributed by atoms with E-state index in [9.17, 15) is 18.0 Å². The highest BCUT2D eigenvalue weighted by Gasteiger charge is 2.22. The molecular weight excluding hydrogens is 477 g/mol. The van der Waals surface area contributed by atoms with E-state index >= 15 is 0 Å². The first-order valence-electron chi connectivity index (χ1n) is 9.30. The Labute approximate surface area is 183 Å². The van der Waals surface area contributed by atoms with Crippen LogP contribution in [0, 0.1) is 5.82 Å². The SMILES string of the molecule is CCn1ncc(Br)c1CNC(=O)c1cnn2c(C(F)F)cc(-c3ccc(F)cc3)nc12. The Morgan fingerprint density at radius 1 is 1.19 bits per heavy atom. The molecule has 0 fully saturated rings. The number of carbonyl (C=O) groups is 1. The number of halogens is 4. The van der Waals surface area contributed by atoms with E-state index in [2.05, 4.69) is 36.4 Å². The van der Waals surface area contributed by atoms with E-state index in [0.29, 0.717) is 12.1 Å². The van der Waals surface area contributed by atoms with Crippen LogP contribution in [0.25, 0.3) is 16.9 Å². The third-order valence-corrected chi connectivity index (χ3v) is 5.38. The lowest BCUT2D eigenvalue weighted by atomic mass is 10.1. The average Bonchev–Trinajstić information content (AvgIpc) is 3.34. The van der Waals surface area contributed by atoms with E-state index in [4.69, 9.17) is 0 Å². The number of aromatic nitrogens is 5. The number of aryl methyl sites for hydroxylation is 1. The molecule has 0 aliphatic rings. The van der Waals surface area contributed by atoms with Crippen molar-refractivity contribution >= 4 is 27.5 Å². The number of carbonyl (C=O) groups excluding carboxylic acids is 1. The van der Waals surface area contributed by atoms with E-state index < -0.39 is 23.8 Å². The van der Waals surface area contributed by atoms with Crippen LogP contribution in [0.15, 0.2) is 47.2 Å². The molecular formula is C20H16BrF3N6O. The zero-order valence-electron chi connectivity index (χ0n) is 16.2. The van der Waals surface area contributed by atoms with Gasteiger partial charge >= 0.3 is 0 Å². The molecule has 31 heavy (non-hydrogen) atoms. The van der Waals surface area contributed by atoms with Crippen molar-refractivity contribution in [3.8, 4) is 11.3 Å². The predicted octanol–water partition coefficient (Wildman–Crippen LogP) is 4.38. The van der Waals surface area contributed by atoms with Gasteiger partial charge in [0.05, 0.1) is 34.8 Å². The molecule has 0 spiro atoms. The van der Waals surface area contributed by atoms with Gasteiger partial charge in [-0.15, -0.1) is 0 Å². The molecule has 11 heteroatoms. The summed E-state index contributed by atoms with van der Waals surface area (Å²) in [4.78, 5) is 17.2. The Morgan fingerprint density at radius 2 is 1.94 bits per heavy atom. The van der Waals surface area contributed by atoms with Crippen molar-refractivity contribution in [2.45, 2.75) is 26.4 Å². The molecule has 1 N–H and O–H groups in total. The summed E-state index contributed by atoms with van der Waals surface area (Å²) in [6.07, 6.45) is -0.0222. The molecule has 0 saturated heterocycles. The molecule has 160 valence electrons. The molecule has 4 rings (SSSR count). The van der Waals surface area contributed by atoms with Gasteiger partial charge in [0.2, 0.25) is 0 Å². The minimum absolute atomic E-state index is 0.0160. The number of rotatable bonds is 6. The Hall–Kier alpha value is -3.21. The van der Waals surface area contributed by atoms with Crippen molar-refractivity contribution in [1.29, 1.82) is 0 Å². The van der Waals surface area contributed by atoms with Gasteiger partial charge in [0.15, 0.2) is 5.65 Å². The van der Waals surface area contributed by atoms with Crippen LogP contribution >= 0.6 is 15.9 Å². The molecule has 0 aliphatic carbocycles. The second-order valence-electron chi connectivity index (χ2n) is 6.61. The summed E-state index contributed by atoms with van der Waals surface area (Å²) in [6, 6.07) is 6.46. The normalized spacial score (nSPS) is 11.4. The van der Waals surface area contributed by atoms with Crippen LogP contribution in [0.4, 0.5) is 13.2 Å². The van der Waals surface area contributed by atoms with Crippen LogP contribution in [0.2, 0.25) is 0 Å². The second kappa shape index (κ2) is 8.50. The predicted molar refractivity (Wildman–Crippen MR) is 110 cm³/mol. The van der Waals surface area contributed by atoms with Crippen LogP contribution in [0.3, 0.4) is 0 Å². The van der Waals surface area contributed by atoms with Crippen LogP contribution in [-0.4, -0.2) is 30.3 Å². The topological polar surface area (TPSA) is 77.1 Å². The first-order valence-corrected chi connectivity index (χ1v) is 10.1. The molecule has 0 unspecified atom stereocenters. The summed E-state index contributed by atoms with van der Waals surface area (Å²) in [5, 5.41) is 10.9. The van der Waals surface area contributed by atoms with Crippen LogP contribution < -0.4 is 5.32 Å². The van der Waals surface area contributed by atoms with E-state index in [1.165, 1.54) is 36.5 Å². The molecule has 4 aromatic rings. The van der Waals surface area contributed by atoms with Gasteiger partial charge in [0.1, 0.15) is 17.1 Å². The fourth-order valence-electron chi connectivity index (χ4n) is 3.17. The minimum Gasteiger partial charge on any atom is -0.346 e. The monoisotopic (exact) mass is 492 g/mol. The first-order chi connectivity index (χ1) is 14.9. The van der Waals surface area contributed by atoms with E-state index in [1.54, 1.807) is 10.9 Å². The summed E-state index contributed by atoms with van der Waals surface area (Å²) >= 11 is 3.39. The first kappa shape index (κ1) is 21.0. The third kappa shape index (κ3) is 4.05. The molecule has 1 aromatic carbocycles. The lowest BCUT2D eigenvalue weighted by Crippen LogP contribution is -2.24. The minimum atomic E-state index is -2.85. The summed E-state index contributed by atoms with van der Waals surface area (Å²) < 4.78 is 44.0. The highest BCUT2D eigenvalue weighted by Crippen LogP contribution is 2.27. The lowest BCUT2D eigenvalue weighted by molar-refractivity contribution is 0.0951. The number of nitrogens with zero attached hydrogens (tertiary/aromatic N) is 5. The quantitative estimate of drug-likeness (QED) is 0.433. The third-order valence-electron chi connectivity index (χ3n) is 4.72. The van der Waals surface area contributed by atoms with Crippen molar-refractivity contribution in [2.75, 3.05) is 0 Å². The molecule has 3 aromatic heterocycles. The molecule has 0 saturated carbocycles. The maximum Gasteiger partial charge on any atom is 0.280 e. The molecule has 0 atom stereocenters. The van der Waals surface area contributed by atoms with Crippen LogP contribution in [-0.2, 0) is 13.1 Å². The number of hydrogen-bond donors (Lipinski definition) is 1. The summed E-state index contributed by atoms with van der Waals surface area (Å²) in [5.41, 5.74) is 0.997. The number of fused-ring (bicyclic) bond motifs is 1. The maximum atomic E-state index is 13.7. The number of alkyl halides is 2. The number of benzene rings is 1. The zero-order chi connectivity index (χ0) is 22.1. The van der Waals surface area contributed by atoms with Gasteiger partial charge in [-0.25, -0.2) is 22.7 Å². The fourth-order valence-corrected chi connectivity index (χ4v) is 3.60. The molecule has 1 amide bonds. The Bertz CT molecular complexity index is 1250. The molecule has 7 nitrogen and oxygen atoms in total. The highest BCUT2D eigenvalue weighted by atomic mass is 79.9. The van der Waals surface area contributed by atoms with Gasteiger partial charge in [-0.1, -0.05) is 0 Å². The van der Waals surface area contributed by atoms with Gasteiger partial charge in [0, 0.05) is 12.1 Å². The van der Waals surface area contributed by atoms with Crippen LogP contribution in [0.1, 0.15) is 35.1 Å². The van der Waals surface area contributed by atoms with E-state index in [1.807, 2.05) is 6.92 Å². The largest absolute Gasteiger partial charge is 0.346 e. The van der Waals surface area contributed by atoms with Crippen LogP contribution in [0.5, 0.6) is 0 Å². The van der Waals surface area contributed by atoms with Crippen molar-refractivity contribution in [3.05, 3.63) is 70.0 Å². The smallest absolute Gasteiger partial charge is 0.280 e. The van der Waals surface area contributed by atoms with Gasteiger partial charge in [-0.05, 0) is 53.2 Å². The Kier molecular flexibility index (Phi) is 5.77. The van der Waals surface area contributed by atoms with Crippen molar-refractivity contribution < 1.29 is 18.0 Å². The van der Waals surface area contributed by atoms with Crippen molar-refractivity contribution in [3.63, 3.8) is 0 Å². The summed E-state index contributed by atoms with van der Waals surface area (Å²) in [7, 11) is 0. The fraction of sp³-hybridized carbons (Fsp3) is 0.200. The zero-order valence-corrected chi connectivity index (χ0v) is 17.8. The number of nitrogens with one attached hydrogen (secondary N) is 1.